The Morgan fingerprint density at radius 1 is 0.857 bits per heavy atom. The van der Waals surface area contributed by atoms with Gasteiger partial charge in [-0.1, -0.05) is 26.2 Å². The number of hydrogen-bond donors (Lipinski definition) is 0. The van der Waals surface area contributed by atoms with Gasteiger partial charge in [0.1, 0.15) is 0 Å². The molecule has 0 aromatic carbocycles. The van der Waals surface area contributed by atoms with E-state index in [1.165, 1.54) is 51.4 Å². The summed E-state index contributed by atoms with van der Waals surface area (Å²) in [4.78, 5) is 0. The molecule has 0 aliphatic heterocycles. The maximum Gasteiger partial charge on any atom is 0.0581 e. The van der Waals surface area contributed by atoms with Gasteiger partial charge in [0, 0.05) is 0 Å². The van der Waals surface area contributed by atoms with Gasteiger partial charge in [-0.2, -0.15) is 0 Å². The second kappa shape index (κ2) is 7.02. The third-order valence-electron chi connectivity index (χ3n) is 6.76. The molecule has 0 spiro atoms. The summed E-state index contributed by atoms with van der Waals surface area (Å²) in [5.74, 6) is 5.27. The van der Waals surface area contributed by atoms with Gasteiger partial charge in [0.05, 0.1) is 12.2 Å². The smallest absolute Gasteiger partial charge is 0.0581 e. The van der Waals surface area contributed by atoms with Crippen molar-refractivity contribution in [3.63, 3.8) is 0 Å². The summed E-state index contributed by atoms with van der Waals surface area (Å²) in [7, 11) is 0. The molecule has 0 aromatic rings. The second-order valence-corrected chi connectivity index (χ2v) is 8.51. The molecule has 0 bridgehead atoms. The third-order valence-corrected chi connectivity index (χ3v) is 6.76. The molecule has 122 valence electrons. The Labute approximate surface area is 132 Å². The highest BCUT2D eigenvalue weighted by Gasteiger charge is 2.44. The van der Waals surface area contributed by atoms with Crippen LogP contribution in [0.4, 0.5) is 0 Å². The van der Waals surface area contributed by atoms with Gasteiger partial charge in [0.15, 0.2) is 0 Å². The summed E-state index contributed by atoms with van der Waals surface area (Å²) in [5, 5.41) is 0. The van der Waals surface area contributed by atoms with Crippen molar-refractivity contribution in [2.24, 2.45) is 29.6 Å². The molecular formula is C20H36O. The van der Waals surface area contributed by atoms with Gasteiger partial charge in [0.2, 0.25) is 0 Å². The summed E-state index contributed by atoms with van der Waals surface area (Å²) in [5.41, 5.74) is 0. The Balaban J connectivity index is 1.56. The average Bonchev–Trinajstić information content (AvgIpc) is 2.46. The van der Waals surface area contributed by atoms with E-state index in [2.05, 4.69) is 20.8 Å². The van der Waals surface area contributed by atoms with Crippen LogP contribution in [-0.4, -0.2) is 12.2 Å². The van der Waals surface area contributed by atoms with Crippen LogP contribution in [0.1, 0.15) is 85.0 Å². The van der Waals surface area contributed by atoms with Crippen molar-refractivity contribution in [2.75, 3.05) is 0 Å². The largest absolute Gasteiger partial charge is 0.376 e. The van der Waals surface area contributed by atoms with Crippen LogP contribution in [0, 0.1) is 29.6 Å². The van der Waals surface area contributed by atoms with Crippen LogP contribution in [0.2, 0.25) is 0 Å². The summed E-state index contributed by atoms with van der Waals surface area (Å²) in [6.07, 6.45) is 15.7. The van der Waals surface area contributed by atoms with E-state index < -0.39 is 0 Å². The summed E-state index contributed by atoms with van der Waals surface area (Å²) in [6, 6.07) is 0. The summed E-state index contributed by atoms with van der Waals surface area (Å²) >= 11 is 0. The minimum absolute atomic E-state index is 0.410. The average molecular weight is 293 g/mol. The van der Waals surface area contributed by atoms with E-state index >= 15 is 0 Å². The molecule has 6 unspecified atom stereocenters. The van der Waals surface area contributed by atoms with Crippen LogP contribution in [0.5, 0.6) is 0 Å². The standard InChI is InChI=1S/C20H36O/c1-4-5-15-6-10-19-16(12-15)7-8-17-13-18(21-14(2)3)9-11-20(17)19/h14-20H,4-13H2,1-3H3. The highest BCUT2D eigenvalue weighted by Crippen LogP contribution is 2.53. The highest BCUT2D eigenvalue weighted by molar-refractivity contribution is 4.94. The zero-order valence-corrected chi connectivity index (χ0v) is 14.5. The Bertz CT molecular complexity index is 324. The summed E-state index contributed by atoms with van der Waals surface area (Å²) in [6.45, 7) is 6.75. The van der Waals surface area contributed by atoms with Crippen molar-refractivity contribution < 1.29 is 4.74 Å². The van der Waals surface area contributed by atoms with E-state index in [1.807, 2.05) is 0 Å². The minimum atomic E-state index is 0.410. The molecule has 0 aromatic heterocycles. The molecule has 0 heterocycles. The number of fused-ring (bicyclic) bond motifs is 3. The molecule has 3 rings (SSSR count). The molecular weight excluding hydrogens is 256 g/mol. The predicted octanol–water partition coefficient (Wildman–Crippen LogP) is 5.82. The van der Waals surface area contributed by atoms with Gasteiger partial charge in [-0.05, 0) is 88.4 Å². The van der Waals surface area contributed by atoms with E-state index in [0.717, 1.165) is 29.6 Å². The van der Waals surface area contributed by atoms with Crippen LogP contribution < -0.4 is 0 Å². The van der Waals surface area contributed by atoms with Crippen molar-refractivity contribution in [3.8, 4) is 0 Å². The van der Waals surface area contributed by atoms with Gasteiger partial charge in [0.25, 0.3) is 0 Å². The first kappa shape index (κ1) is 15.8. The maximum absolute atomic E-state index is 6.13. The van der Waals surface area contributed by atoms with Gasteiger partial charge >= 0.3 is 0 Å². The SMILES string of the molecule is CCCC1CCC2C(CCC3CC(OC(C)C)CCC32)C1. The Morgan fingerprint density at radius 3 is 2.19 bits per heavy atom. The van der Waals surface area contributed by atoms with Crippen LogP contribution in [0.25, 0.3) is 0 Å². The maximum atomic E-state index is 6.13. The van der Waals surface area contributed by atoms with Crippen molar-refractivity contribution in [2.45, 2.75) is 97.2 Å². The number of rotatable bonds is 4. The monoisotopic (exact) mass is 292 g/mol. The zero-order valence-electron chi connectivity index (χ0n) is 14.5. The normalized spacial score (nSPS) is 43.4. The number of hydrogen-bond acceptors (Lipinski definition) is 1. The van der Waals surface area contributed by atoms with E-state index in [9.17, 15) is 0 Å². The third kappa shape index (κ3) is 3.66. The minimum Gasteiger partial charge on any atom is -0.376 e. The lowest BCUT2D eigenvalue weighted by Crippen LogP contribution is -2.43. The lowest BCUT2D eigenvalue weighted by molar-refractivity contribution is -0.0709. The van der Waals surface area contributed by atoms with E-state index in [1.54, 1.807) is 12.8 Å². The first-order chi connectivity index (χ1) is 10.2. The fraction of sp³-hybridized carbons (Fsp3) is 1.00. The van der Waals surface area contributed by atoms with E-state index in [0.29, 0.717) is 12.2 Å². The van der Waals surface area contributed by atoms with Crippen molar-refractivity contribution in [1.82, 2.24) is 0 Å². The predicted molar refractivity (Wildman–Crippen MR) is 89.3 cm³/mol. The summed E-state index contributed by atoms with van der Waals surface area (Å²) < 4.78 is 6.13. The molecule has 0 amide bonds. The van der Waals surface area contributed by atoms with Crippen LogP contribution in [-0.2, 0) is 4.74 Å². The fourth-order valence-electron chi connectivity index (χ4n) is 6.03. The molecule has 6 atom stereocenters. The molecule has 3 saturated carbocycles. The van der Waals surface area contributed by atoms with Crippen molar-refractivity contribution in [3.05, 3.63) is 0 Å². The molecule has 0 saturated heterocycles. The molecule has 1 heteroatoms. The lowest BCUT2D eigenvalue weighted by atomic mass is 9.56. The molecule has 0 radical (unpaired) electrons. The van der Waals surface area contributed by atoms with Gasteiger partial charge in [-0.15, -0.1) is 0 Å². The first-order valence-corrected chi connectivity index (χ1v) is 9.82. The first-order valence-electron chi connectivity index (χ1n) is 9.82. The van der Waals surface area contributed by atoms with Gasteiger partial charge in [-0.3, -0.25) is 0 Å². The molecule has 21 heavy (non-hydrogen) atoms. The number of ether oxygens (including phenoxy) is 1. The molecule has 3 aliphatic rings. The van der Waals surface area contributed by atoms with Gasteiger partial charge in [-0.25, -0.2) is 0 Å². The highest BCUT2D eigenvalue weighted by atomic mass is 16.5. The van der Waals surface area contributed by atoms with Crippen molar-refractivity contribution >= 4 is 0 Å². The van der Waals surface area contributed by atoms with Crippen LogP contribution in [0.15, 0.2) is 0 Å². The molecule has 1 nitrogen and oxygen atoms in total. The fourth-order valence-corrected chi connectivity index (χ4v) is 6.03. The van der Waals surface area contributed by atoms with E-state index in [-0.39, 0.29) is 0 Å². The van der Waals surface area contributed by atoms with E-state index in [4.69, 9.17) is 4.74 Å². The topological polar surface area (TPSA) is 9.23 Å². The Hall–Kier alpha value is -0.0400. The lowest BCUT2D eigenvalue weighted by Gasteiger charge is -2.51. The van der Waals surface area contributed by atoms with Crippen LogP contribution in [0.3, 0.4) is 0 Å². The molecule has 3 fully saturated rings. The zero-order chi connectivity index (χ0) is 14.8. The second-order valence-electron chi connectivity index (χ2n) is 8.51. The molecule has 0 N–H and O–H groups in total. The van der Waals surface area contributed by atoms with Crippen molar-refractivity contribution in [1.29, 1.82) is 0 Å². The quantitative estimate of drug-likeness (QED) is 0.634. The Morgan fingerprint density at radius 2 is 1.52 bits per heavy atom. The van der Waals surface area contributed by atoms with Gasteiger partial charge < -0.3 is 4.74 Å². The molecule has 3 aliphatic carbocycles. The Kier molecular flexibility index (Phi) is 5.30. The van der Waals surface area contributed by atoms with Crippen LogP contribution >= 0.6 is 0 Å².